The molecule has 0 fully saturated rings. The van der Waals surface area contributed by atoms with Crippen LogP contribution in [-0.4, -0.2) is 47.7 Å². The molecule has 2 rings (SSSR count). The number of fused-ring (bicyclic) bond motifs is 1. The van der Waals surface area contributed by atoms with E-state index in [2.05, 4.69) is 52.8 Å². The standard InChI is InChI=1S/C20H32N4/c1-4-14-23(3)16-12-21-13-17-24(15-5-2)19-10-6-8-18-9-7-11-22-20(18)19/h7,9,11-13,16,19H,4-6,8,10,14-15,17H2,1-3H3/b16-12-,21-13+. The molecule has 1 heterocycles. The summed E-state index contributed by atoms with van der Waals surface area (Å²) in [7, 11) is 2.09. The van der Waals surface area contributed by atoms with Gasteiger partial charge in [0.15, 0.2) is 0 Å². The molecule has 0 spiro atoms. The summed E-state index contributed by atoms with van der Waals surface area (Å²) >= 11 is 0. The Morgan fingerprint density at radius 2 is 2.12 bits per heavy atom. The molecule has 1 unspecified atom stereocenters. The third kappa shape index (κ3) is 5.45. The largest absolute Gasteiger partial charge is 0.379 e. The van der Waals surface area contributed by atoms with Gasteiger partial charge in [0.1, 0.15) is 0 Å². The molecule has 1 aromatic heterocycles. The van der Waals surface area contributed by atoms with Crippen molar-refractivity contribution in [3.05, 3.63) is 42.0 Å². The van der Waals surface area contributed by atoms with Gasteiger partial charge < -0.3 is 4.90 Å². The predicted molar refractivity (Wildman–Crippen MR) is 102 cm³/mol. The molecule has 4 nitrogen and oxygen atoms in total. The van der Waals surface area contributed by atoms with Crippen molar-refractivity contribution in [2.75, 3.05) is 26.7 Å². The highest BCUT2D eigenvalue weighted by Gasteiger charge is 2.25. The molecular formula is C20H32N4. The Bertz CT molecular complexity index is 538. The third-order valence-corrected chi connectivity index (χ3v) is 4.52. The summed E-state index contributed by atoms with van der Waals surface area (Å²) < 4.78 is 0. The Kier molecular flexibility index (Phi) is 7.96. The Morgan fingerprint density at radius 3 is 2.92 bits per heavy atom. The quantitative estimate of drug-likeness (QED) is 0.641. The van der Waals surface area contributed by atoms with E-state index in [9.17, 15) is 0 Å². The minimum atomic E-state index is 0.438. The van der Waals surface area contributed by atoms with E-state index in [0.29, 0.717) is 6.04 Å². The van der Waals surface area contributed by atoms with Crippen LogP contribution < -0.4 is 0 Å². The zero-order chi connectivity index (χ0) is 17.2. The number of aromatic nitrogens is 1. The second-order valence-electron chi connectivity index (χ2n) is 6.56. The van der Waals surface area contributed by atoms with Crippen LogP contribution in [0.1, 0.15) is 56.8 Å². The first-order valence-corrected chi connectivity index (χ1v) is 9.32. The zero-order valence-corrected chi connectivity index (χ0v) is 15.5. The van der Waals surface area contributed by atoms with Crippen LogP contribution in [0.15, 0.2) is 35.7 Å². The first-order valence-electron chi connectivity index (χ1n) is 9.32. The van der Waals surface area contributed by atoms with E-state index >= 15 is 0 Å². The number of pyridine rings is 1. The summed E-state index contributed by atoms with van der Waals surface area (Å²) in [5, 5.41) is 0. The molecule has 4 heteroatoms. The number of hydrogen-bond donors (Lipinski definition) is 0. The highest BCUT2D eigenvalue weighted by atomic mass is 15.2. The first kappa shape index (κ1) is 18.7. The van der Waals surface area contributed by atoms with Gasteiger partial charge in [0.05, 0.1) is 11.7 Å². The van der Waals surface area contributed by atoms with Crippen molar-refractivity contribution in [3.8, 4) is 0 Å². The summed E-state index contributed by atoms with van der Waals surface area (Å²) in [6, 6.07) is 4.73. The van der Waals surface area contributed by atoms with Crippen LogP contribution in [0.5, 0.6) is 0 Å². The third-order valence-electron chi connectivity index (χ3n) is 4.52. The summed E-state index contributed by atoms with van der Waals surface area (Å²) in [4.78, 5) is 13.8. The smallest absolute Gasteiger partial charge is 0.0607 e. The maximum Gasteiger partial charge on any atom is 0.0607 e. The molecule has 0 N–H and O–H groups in total. The second kappa shape index (κ2) is 10.2. The lowest BCUT2D eigenvalue weighted by atomic mass is 9.90. The minimum Gasteiger partial charge on any atom is -0.379 e. The molecule has 132 valence electrons. The van der Waals surface area contributed by atoms with Gasteiger partial charge in [-0.3, -0.25) is 14.9 Å². The fourth-order valence-corrected chi connectivity index (χ4v) is 3.39. The summed E-state index contributed by atoms with van der Waals surface area (Å²) in [5.41, 5.74) is 2.71. The van der Waals surface area contributed by atoms with Crippen molar-refractivity contribution in [3.63, 3.8) is 0 Å². The average Bonchev–Trinajstić information content (AvgIpc) is 2.60. The molecular weight excluding hydrogens is 296 g/mol. The predicted octanol–water partition coefficient (Wildman–Crippen LogP) is 4.05. The van der Waals surface area contributed by atoms with Crippen molar-refractivity contribution in [2.45, 2.75) is 52.0 Å². The van der Waals surface area contributed by atoms with Gasteiger partial charge in [-0.1, -0.05) is 19.9 Å². The molecule has 0 aliphatic heterocycles. The van der Waals surface area contributed by atoms with E-state index in [1.165, 1.54) is 30.5 Å². The van der Waals surface area contributed by atoms with Gasteiger partial charge in [-0.15, -0.1) is 0 Å². The maximum absolute atomic E-state index is 4.69. The molecule has 1 atom stereocenters. The van der Waals surface area contributed by atoms with Crippen LogP contribution >= 0.6 is 0 Å². The molecule has 0 aromatic carbocycles. The summed E-state index contributed by atoms with van der Waals surface area (Å²) in [6.07, 6.45) is 13.8. The average molecular weight is 329 g/mol. The molecule has 0 saturated heterocycles. The SMILES string of the molecule is CCCN(C)/C=C\N=C\CN(CCC)C1CCCc2cccnc21. The summed E-state index contributed by atoms with van der Waals surface area (Å²) in [5.74, 6) is 0. The van der Waals surface area contributed by atoms with Crippen LogP contribution in [0.2, 0.25) is 0 Å². The lowest BCUT2D eigenvalue weighted by molar-refractivity contribution is 0.201. The molecule has 1 aromatic rings. The van der Waals surface area contributed by atoms with Crippen molar-refractivity contribution in [1.82, 2.24) is 14.8 Å². The van der Waals surface area contributed by atoms with Gasteiger partial charge in [0.25, 0.3) is 0 Å². The normalized spacial score (nSPS) is 17.8. The number of aliphatic imine (C=N–C) groups is 1. The number of rotatable bonds is 9. The first-order chi connectivity index (χ1) is 11.8. The lowest BCUT2D eigenvalue weighted by Gasteiger charge is -2.34. The van der Waals surface area contributed by atoms with Gasteiger partial charge >= 0.3 is 0 Å². The Hall–Kier alpha value is -1.68. The van der Waals surface area contributed by atoms with Crippen LogP contribution in [-0.2, 0) is 6.42 Å². The van der Waals surface area contributed by atoms with E-state index in [1.54, 1.807) is 0 Å². The molecule has 24 heavy (non-hydrogen) atoms. The molecule has 0 radical (unpaired) electrons. The van der Waals surface area contributed by atoms with Crippen molar-refractivity contribution < 1.29 is 0 Å². The maximum atomic E-state index is 4.69. The van der Waals surface area contributed by atoms with Gasteiger partial charge in [-0.25, -0.2) is 0 Å². The number of nitrogens with zero attached hydrogens (tertiary/aromatic N) is 4. The van der Waals surface area contributed by atoms with E-state index in [0.717, 1.165) is 32.5 Å². The monoisotopic (exact) mass is 328 g/mol. The van der Waals surface area contributed by atoms with E-state index in [-0.39, 0.29) is 0 Å². The molecule has 1 aliphatic carbocycles. The van der Waals surface area contributed by atoms with E-state index < -0.39 is 0 Å². The fraction of sp³-hybridized carbons (Fsp3) is 0.600. The van der Waals surface area contributed by atoms with Gasteiger partial charge in [0.2, 0.25) is 0 Å². The molecule has 0 amide bonds. The Labute approximate surface area is 147 Å². The van der Waals surface area contributed by atoms with Crippen molar-refractivity contribution >= 4 is 6.21 Å². The van der Waals surface area contributed by atoms with Gasteiger partial charge in [0, 0.05) is 44.9 Å². The second-order valence-corrected chi connectivity index (χ2v) is 6.56. The van der Waals surface area contributed by atoms with Gasteiger partial charge in [-0.2, -0.15) is 0 Å². The fourth-order valence-electron chi connectivity index (χ4n) is 3.39. The van der Waals surface area contributed by atoms with Crippen molar-refractivity contribution in [1.29, 1.82) is 0 Å². The van der Waals surface area contributed by atoms with Crippen LogP contribution in [0, 0.1) is 0 Å². The molecule has 0 bridgehead atoms. The minimum absolute atomic E-state index is 0.438. The lowest BCUT2D eigenvalue weighted by Crippen LogP contribution is -2.34. The van der Waals surface area contributed by atoms with Crippen molar-refractivity contribution in [2.24, 2.45) is 4.99 Å². The molecule has 1 aliphatic rings. The van der Waals surface area contributed by atoms with Crippen LogP contribution in [0.25, 0.3) is 0 Å². The van der Waals surface area contributed by atoms with E-state index in [1.807, 2.05) is 24.8 Å². The van der Waals surface area contributed by atoms with E-state index in [4.69, 9.17) is 0 Å². The number of hydrogen-bond acceptors (Lipinski definition) is 4. The molecule has 0 saturated carbocycles. The zero-order valence-electron chi connectivity index (χ0n) is 15.5. The Balaban J connectivity index is 1.98. The van der Waals surface area contributed by atoms with Crippen LogP contribution in [0.3, 0.4) is 0 Å². The number of aryl methyl sites for hydroxylation is 1. The Morgan fingerprint density at radius 1 is 1.29 bits per heavy atom. The van der Waals surface area contributed by atoms with Gasteiger partial charge in [-0.05, 0) is 50.3 Å². The van der Waals surface area contributed by atoms with Crippen LogP contribution in [0.4, 0.5) is 0 Å². The summed E-state index contributed by atoms with van der Waals surface area (Å²) in [6.45, 7) is 7.47. The highest BCUT2D eigenvalue weighted by Crippen LogP contribution is 2.32. The highest BCUT2D eigenvalue weighted by molar-refractivity contribution is 5.60. The topological polar surface area (TPSA) is 31.7 Å².